The molecule has 0 aliphatic heterocycles. The summed E-state index contributed by atoms with van der Waals surface area (Å²) in [7, 11) is -1.42. The third-order valence-electron chi connectivity index (χ3n) is 2.35. The number of benzene rings is 1. The van der Waals surface area contributed by atoms with Gasteiger partial charge < -0.3 is 5.11 Å². The van der Waals surface area contributed by atoms with Crippen molar-refractivity contribution in [3.05, 3.63) is 34.9 Å². The van der Waals surface area contributed by atoms with Gasteiger partial charge in [-0.25, -0.2) is 0 Å². The minimum atomic E-state index is -1.42. The Balaban J connectivity index is 2.77. The Kier molecular flexibility index (Phi) is 5.15. The maximum Gasteiger partial charge on any atom is 0.319 e. The Morgan fingerprint density at radius 3 is 2.29 bits per heavy atom. The van der Waals surface area contributed by atoms with E-state index in [2.05, 4.69) is 0 Å². The second kappa shape index (κ2) is 6.17. The summed E-state index contributed by atoms with van der Waals surface area (Å²) in [5.74, 6) is -0.917. The zero-order valence-electron chi connectivity index (χ0n) is 9.72. The summed E-state index contributed by atoms with van der Waals surface area (Å²) < 4.78 is 12.0. The first-order chi connectivity index (χ1) is 7.91. The van der Waals surface area contributed by atoms with Gasteiger partial charge in [-0.3, -0.25) is 9.00 Å². The van der Waals surface area contributed by atoms with Gasteiger partial charge in [0, 0.05) is 21.6 Å². The van der Waals surface area contributed by atoms with Gasteiger partial charge in [0.05, 0.1) is 0 Å². The molecule has 0 aliphatic rings. The van der Waals surface area contributed by atoms with Crippen LogP contribution in [0.25, 0.3) is 0 Å². The Morgan fingerprint density at radius 1 is 1.35 bits per heavy atom. The molecule has 0 saturated carbocycles. The topological polar surface area (TPSA) is 54.4 Å². The second-order valence-electron chi connectivity index (χ2n) is 4.15. The maximum atomic E-state index is 12.0. The van der Waals surface area contributed by atoms with Crippen LogP contribution in [0.2, 0.25) is 5.02 Å². The number of halogens is 1. The quantitative estimate of drug-likeness (QED) is 0.898. The van der Waals surface area contributed by atoms with E-state index in [-0.39, 0.29) is 11.7 Å². The first-order valence-electron chi connectivity index (χ1n) is 5.26. The predicted molar refractivity (Wildman–Crippen MR) is 69.6 cm³/mol. The average Bonchev–Trinajstić information content (AvgIpc) is 2.20. The monoisotopic (exact) mass is 274 g/mol. The van der Waals surface area contributed by atoms with Crippen molar-refractivity contribution in [2.45, 2.75) is 24.9 Å². The summed E-state index contributed by atoms with van der Waals surface area (Å²) in [6.45, 7) is 3.52. The zero-order valence-corrected chi connectivity index (χ0v) is 11.3. The van der Waals surface area contributed by atoms with Gasteiger partial charge in [0.15, 0.2) is 0 Å². The molecule has 1 aromatic carbocycles. The van der Waals surface area contributed by atoms with E-state index in [4.69, 9.17) is 16.7 Å². The van der Waals surface area contributed by atoms with Gasteiger partial charge in [0.2, 0.25) is 0 Å². The lowest BCUT2D eigenvalue weighted by molar-refractivity contribution is -0.137. The van der Waals surface area contributed by atoms with Gasteiger partial charge >= 0.3 is 5.97 Å². The van der Waals surface area contributed by atoms with E-state index in [0.29, 0.717) is 5.02 Å². The second-order valence-corrected chi connectivity index (χ2v) is 6.15. The summed E-state index contributed by atoms with van der Waals surface area (Å²) in [5.41, 5.74) is 0.833. The normalized spacial score (nSPS) is 14.6. The lowest BCUT2D eigenvalue weighted by atomic mass is 10.1. The predicted octanol–water partition coefficient (Wildman–Crippen LogP) is 2.70. The van der Waals surface area contributed by atoms with Gasteiger partial charge in [-0.05, 0) is 23.6 Å². The van der Waals surface area contributed by atoms with E-state index in [1.807, 2.05) is 0 Å². The highest BCUT2D eigenvalue weighted by molar-refractivity contribution is 7.85. The number of carboxylic acid groups (broad SMARTS) is 1. The fraction of sp³-hybridized carbons (Fsp3) is 0.417. The number of hydrogen-bond donors (Lipinski definition) is 1. The summed E-state index contributed by atoms with van der Waals surface area (Å²) >= 11 is 5.74. The van der Waals surface area contributed by atoms with Gasteiger partial charge in [-0.1, -0.05) is 37.6 Å². The van der Waals surface area contributed by atoms with Crippen LogP contribution in [0.3, 0.4) is 0 Å². The molecule has 1 N–H and O–H groups in total. The first kappa shape index (κ1) is 14.2. The molecule has 0 bridgehead atoms. The SMILES string of the molecule is CC(C)C(C(=O)O)S(=O)Cc1ccc(Cl)cc1. The molecule has 5 heteroatoms. The lowest BCUT2D eigenvalue weighted by Gasteiger charge is -2.15. The molecule has 0 aromatic heterocycles. The van der Waals surface area contributed by atoms with Crippen molar-refractivity contribution >= 4 is 28.4 Å². The molecule has 3 nitrogen and oxygen atoms in total. The molecule has 0 heterocycles. The van der Waals surface area contributed by atoms with Crippen LogP contribution in [-0.4, -0.2) is 20.5 Å². The molecule has 1 rings (SSSR count). The number of carboxylic acids is 1. The molecule has 1 aromatic rings. The fourth-order valence-corrected chi connectivity index (χ4v) is 3.19. The number of hydrogen-bond acceptors (Lipinski definition) is 2. The van der Waals surface area contributed by atoms with E-state index < -0.39 is 22.0 Å². The molecule has 2 atom stereocenters. The average molecular weight is 275 g/mol. The van der Waals surface area contributed by atoms with Gasteiger partial charge in [0.1, 0.15) is 5.25 Å². The molecular weight excluding hydrogens is 260 g/mol. The largest absolute Gasteiger partial charge is 0.480 e. The van der Waals surface area contributed by atoms with Crippen LogP contribution in [-0.2, 0) is 21.3 Å². The highest BCUT2D eigenvalue weighted by Gasteiger charge is 2.27. The molecule has 17 heavy (non-hydrogen) atoms. The minimum Gasteiger partial charge on any atom is -0.480 e. The molecule has 0 spiro atoms. The molecule has 0 saturated heterocycles. The summed E-state index contributed by atoms with van der Waals surface area (Å²) in [6.07, 6.45) is 0. The first-order valence-corrected chi connectivity index (χ1v) is 7.02. The highest BCUT2D eigenvalue weighted by atomic mass is 35.5. The highest BCUT2D eigenvalue weighted by Crippen LogP contribution is 2.16. The van der Waals surface area contributed by atoms with Crippen LogP contribution in [0.5, 0.6) is 0 Å². The van der Waals surface area contributed by atoms with E-state index >= 15 is 0 Å². The van der Waals surface area contributed by atoms with Gasteiger partial charge in [0.25, 0.3) is 0 Å². The molecule has 94 valence electrons. The number of carbonyl (C=O) groups is 1. The smallest absolute Gasteiger partial charge is 0.319 e. The van der Waals surface area contributed by atoms with Crippen molar-refractivity contribution in [3.63, 3.8) is 0 Å². The van der Waals surface area contributed by atoms with E-state index in [0.717, 1.165) is 5.56 Å². The summed E-state index contributed by atoms with van der Waals surface area (Å²) in [5, 5.41) is 8.80. The maximum absolute atomic E-state index is 12.0. The van der Waals surface area contributed by atoms with Crippen LogP contribution in [0.15, 0.2) is 24.3 Å². The molecular formula is C12H15ClO3S. The molecule has 0 aliphatic carbocycles. The van der Waals surface area contributed by atoms with E-state index in [1.165, 1.54) is 0 Å². The van der Waals surface area contributed by atoms with Crippen LogP contribution < -0.4 is 0 Å². The van der Waals surface area contributed by atoms with Crippen molar-refractivity contribution in [2.75, 3.05) is 0 Å². The lowest BCUT2D eigenvalue weighted by Crippen LogP contribution is -2.31. The zero-order chi connectivity index (χ0) is 13.0. The molecule has 0 amide bonds. The number of aliphatic carboxylic acids is 1. The Morgan fingerprint density at radius 2 is 1.88 bits per heavy atom. The summed E-state index contributed by atoms with van der Waals surface area (Å²) in [4.78, 5) is 11.0. The van der Waals surface area contributed by atoms with E-state index in [1.54, 1.807) is 38.1 Å². The fourth-order valence-electron chi connectivity index (χ4n) is 1.54. The van der Waals surface area contributed by atoms with Crippen molar-refractivity contribution in [1.82, 2.24) is 0 Å². The van der Waals surface area contributed by atoms with Crippen LogP contribution >= 0.6 is 11.6 Å². The Hall–Kier alpha value is -0.870. The molecule has 2 unspecified atom stereocenters. The van der Waals surface area contributed by atoms with Crippen LogP contribution in [0.4, 0.5) is 0 Å². The number of rotatable bonds is 5. The van der Waals surface area contributed by atoms with Gasteiger partial charge in [-0.2, -0.15) is 0 Å². The third kappa shape index (κ3) is 4.13. The standard InChI is InChI=1S/C12H15ClO3S/c1-8(2)11(12(14)15)17(16)7-9-3-5-10(13)6-4-9/h3-6,8,11H,7H2,1-2H3,(H,14,15). The Bertz CT molecular complexity index is 414. The van der Waals surface area contributed by atoms with Crippen molar-refractivity contribution in [3.8, 4) is 0 Å². The van der Waals surface area contributed by atoms with Crippen molar-refractivity contribution in [2.24, 2.45) is 5.92 Å². The minimum absolute atomic E-state index is 0.152. The van der Waals surface area contributed by atoms with Crippen LogP contribution in [0.1, 0.15) is 19.4 Å². The third-order valence-corrected chi connectivity index (χ3v) is 4.54. The van der Waals surface area contributed by atoms with Crippen molar-refractivity contribution in [1.29, 1.82) is 0 Å². The van der Waals surface area contributed by atoms with Gasteiger partial charge in [-0.15, -0.1) is 0 Å². The summed E-state index contributed by atoms with van der Waals surface area (Å²) in [6, 6.07) is 6.94. The molecule has 0 fully saturated rings. The Labute approximate surface area is 108 Å². The molecule has 0 radical (unpaired) electrons. The van der Waals surface area contributed by atoms with Crippen molar-refractivity contribution < 1.29 is 14.1 Å². The van der Waals surface area contributed by atoms with Crippen LogP contribution in [0, 0.1) is 5.92 Å². The van der Waals surface area contributed by atoms with E-state index in [9.17, 15) is 9.00 Å².